The van der Waals surface area contributed by atoms with Gasteiger partial charge in [0.1, 0.15) is 0 Å². The van der Waals surface area contributed by atoms with Crippen LogP contribution in [0.25, 0.3) is 0 Å². The summed E-state index contributed by atoms with van der Waals surface area (Å²) in [5, 5.41) is 2.71. The molecule has 0 atom stereocenters. The number of hydrogen-bond donors (Lipinski definition) is 2. The summed E-state index contributed by atoms with van der Waals surface area (Å²) in [6, 6.07) is 5.48. The lowest BCUT2D eigenvalue weighted by atomic mass is 10.1. The van der Waals surface area contributed by atoms with Crippen LogP contribution in [-0.2, 0) is 11.2 Å². The molecule has 14 heavy (non-hydrogen) atoms. The van der Waals surface area contributed by atoms with Crippen molar-refractivity contribution >= 4 is 17.3 Å². The molecule has 1 aromatic carbocycles. The number of carbonyl (C=O) groups is 1. The number of rotatable bonds is 3. The van der Waals surface area contributed by atoms with Crippen molar-refractivity contribution in [2.75, 3.05) is 11.1 Å². The molecule has 0 radical (unpaired) electrons. The molecule has 3 heteroatoms. The molecule has 0 spiro atoms. The maximum Gasteiger partial charge on any atom is 0.247 e. The number of benzene rings is 1. The summed E-state index contributed by atoms with van der Waals surface area (Å²) in [7, 11) is 0. The summed E-state index contributed by atoms with van der Waals surface area (Å²) in [6.07, 6.45) is 2.09. The Balaban J connectivity index is 2.98. The Kier molecular flexibility index (Phi) is 3.29. The van der Waals surface area contributed by atoms with Crippen LogP contribution in [0.15, 0.2) is 30.9 Å². The second-order valence-electron chi connectivity index (χ2n) is 2.96. The molecule has 1 amide bonds. The second kappa shape index (κ2) is 4.46. The lowest BCUT2D eigenvalue weighted by molar-refractivity contribution is -0.111. The predicted molar refractivity (Wildman–Crippen MR) is 59.1 cm³/mol. The van der Waals surface area contributed by atoms with Crippen molar-refractivity contribution < 1.29 is 4.79 Å². The highest BCUT2D eigenvalue weighted by Crippen LogP contribution is 2.19. The zero-order chi connectivity index (χ0) is 10.6. The van der Waals surface area contributed by atoms with E-state index in [0.29, 0.717) is 5.69 Å². The van der Waals surface area contributed by atoms with Crippen molar-refractivity contribution in [1.29, 1.82) is 0 Å². The minimum Gasteiger partial charge on any atom is -0.399 e. The van der Waals surface area contributed by atoms with Gasteiger partial charge >= 0.3 is 0 Å². The number of nitrogen functional groups attached to an aromatic ring is 1. The van der Waals surface area contributed by atoms with Gasteiger partial charge in [-0.1, -0.05) is 19.6 Å². The van der Waals surface area contributed by atoms with Gasteiger partial charge in [-0.3, -0.25) is 4.79 Å². The van der Waals surface area contributed by atoms with Crippen molar-refractivity contribution in [2.24, 2.45) is 0 Å². The topological polar surface area (TPSA) is 55.1 Å². The molecule has 1 aromatic rings. The molecule has 3 N–H and O–H groups in total. The molecule has 0 bridgehead atoms. The van der Waals surface area contributed by atoms with Crippen molar-refractivity contribution in [1.82, 2.24) is 0 Å². The van der Waals surface area contributed by atoms with Gasteiger partial charge in [-0.15, -0.1) is 0 Å². The number of hydrogen-bond acceptors (Lipinski definition) is 2. The van der Waals surface area contributed by atoms with Gasteiger partial charge in [0, 0.05) is 11.4 Å². The quantitative estimate of drug-likeness (QED) is 0.565. The zero-order valence-electron chi connectivity index (χ0n) is 8.21. The molecule has 0 aliphatic rings. The fourth-order valence-corrected chi connectivity index (χ4v) is 1.20. The lowest BCUT2D eigenvalue weighted by Crippen LogP contribution is -2.09. The third kappa shape index (κ3) is 2.36. The van der Waals surface area contributed by atoms with Crippen LogP contribution in [0, 0.1) is 0 Å². The summed E-state index contributed by atoms with van der Waals surface area (Å²) in [5.41, 5.74) is 8.09. The molecule has 3 nitrogen and oxygen atoms in total. The van der Waals surface area contributed by atoms with E-state index in [4.69, 9.17) is 5.73 Å². The number of carbonyl (C=O) groups excluding carboxylic acids is 1. The summed E-state index contributed by atoms with van der Waals surface area (Å²) < 4.78 is 0. The van der Waals surface area contributed by atoms with E-state index in [2.05, 4.69) is 11.9 Å². The Hall–Kier alpha value is -1.77. The predicted octanol–water partition coefficient (Wildman–Crippen LogP) is 1.96. The standard InChI is InChI=1S/C11H14N2O/c1-3-8-5-6-9(12)7-10(8)13-11(14)4-2/h4-7H,2-3,12H2,1H3,(H,13,14). The highest BCUT2D eigenvalue weighted by molar-refractivity contribution is 5.99. The van der Waals surface area contributed by atoms with Crippen molar-refractivity contribution in [3.05, 3.63) is 36.4 Å². The Morgan fingerprint density at radius 3 is 2.93 bits per heavy atom. The van der Waals surface area contributed by atoms with Crippen molar-refractivity contribution in [2.45, 2.75) is 13.3 Å². The fourth-order valence-electron chi connectivity index (χ4n) is 1.20. The first-order valence-electron chi connectivity index (χ1n) is 4.49. The maximum atomic E-state index is 11.1. The third-order valence-electron chi connectivity index (χ3n) is 1.96. The number of nitrogens with two attached hydrogens (primary N) is 1. The van der Waals surface area contributed by atoms with Crippen molar-refractivity contribution in [3.8, 4) is 0 Å². The van der Waals surface area contributed by atoms with Crippen LogP contribution in [-0.4, -0.2) is 5.91 Å². The molecule has 0 aromatic heterocycles. The normalized spacial score (nSPS) is 9.50. The summed E-state index contributed by atoms with van der Waals surface area (Å²) in [4.78, 5) is 11.1. The van der Waals surface area contributed by atoms with E-state index < -0.39 is 0 Å². The SMILES string of the molecule is C=CC(=O)Nc1cc(N)ccc1CC. The molecule has 0 saturated heterocycles. The molecule has 74 valence electrons. The van der Waals surface area contributed by atoms with Crippen LogP contribution >= 0.6 is 0 Å². The molecule has 0 saturated carbocycles. The molecule has 0 aliphatic carbocycles. The molecule has 1 rings (SSSR count). The highest BCUT2D eigenvalue weighted by atomic mass is 16.1. The van der Waals surface area contributed by atoms with E-state index in [1.165, 1.54) is 6.08 Å². The van der Waals surface area contributed by atoms with Crippen LogP contribution in [0.4, 0.5) is 11.4 Å². The van der Waals surface area contributed by atoms with E-state index in [9.17, 15) is 4.79 Å². The first kappa shape index (κ1) is 10.3. The first-order chi connectivity index (χ1) is 6.67. The second-order valence-corrected chi connectivity index (χ2v) is 2.96. The van der Waals surface area contributed by atoms with E-state index in [1.54, 1.807) is 6.07 Å². The fraction of sp³-hybridized carbons (Fsp3) is 0.182. The van der Waals surface area contributed by atoms with Gasteiger partial charge in [-0.05, 0) is 30.2 Å². The minimum absolute atomic E-state index is 0.217. The van der Waals surface area contributed by atoms with Crippen LogP contribution in [0.1, 0.15) is 12.5 Å². The summed E-state index contributed by atoms with van der Waals surface area (Å²) in [5.74, 6) is -0.217. The van der Waals surface area contributed by atoms with Crippen molar-refractivity contribution in [3.63, 3.8) is 0 Å². The number of anilines is 2. The van der Waals surface area contributed by atoms with E-state index >= 15 is 0 Å². The number of nitrogens with one attached hydrogen (secondary N) is 1. The molecule has 0 aliphatic heterocycles. The molecule has 0 fully saturated rings. The van der Waals surface area contributed by atoms with Gasteiger partial charge in [-0.2, -0.15) is 0 Å². The largest absolute Gasteiger partial charge is 0.399 e. The summed E-state index contributed by atoms with van der Waals surface area (Å²) >= 11 is 0. The van der Waals surface area contributed by atoms with Crippen LogP contribution in [0.2, 0.25) is 0 Å². The van der Waals surface area contributed by atoms with E-state index in [0.717, 1.165) is 17.7 Å². The smallest absolute Gasteiger partial charge is 0.247 e. The van der Waals surface area contributed by atoms with Gasteiger partial charge in [0.15, 0.2) is 0 Å². The molecular formula is C11H14N2O. The number of aryl methyl sites for hydroxylation is 1. The maximum absolute atomic E-state index is 11.1. The Morgan fingerprint density at radius 2 is 2.36 bits per heavy atom. The minimum atomic E-state index is -0.217. The monoisotopic (exact) mass is 190 g/mol. The third-order valence-corrected chi connectivity index (χ3v) is 1.96. The van der Waals surface area contributed by atoms with E-state index in [-0.39, 0.29) is 5.91 Å². The number of amides is 1. The average Bonchev–Trinajstić information content (AvgIpc) is 2.18. The first-order valence-corrected chi connectivity index (χ1v) is 4.49. The Morgan fingerprint density at radius 1 is 1.64 bits per heavy atom. The van der Waals surface area contributed by atoms with Gasteiger partial charge in [-0.25, -0.2) is 0 Å². The Labute approximate surface area is 83.6 Å². The zero-order valence-corrected chi connectivity index (χ0v) is 8.21. The van der Waals surface area contributed by atoms with Gasteiger partial charge in [0.05, 0.1) is 0 Å². The van der Waals surface area contributed by atoms with Crippen LogP contribution in [0.3, 0.4) is 0 Å². The van der Waals surface area contributed by atoms with Gasteiger partial charge < -0.3 is 11.1 Å². The molecular weight excluding hydrogens is 176 g/mol. The van der Waals surface area contributed by atoms with Gasteiger partial charge in [0.25, 0.3) is 0 Å². The van der Waals surface area contributed by atoms with Crippen LogP contribution < -0.4 is 11.1 Å². The Bertz CT molecular complexity index is 358. The highest BCUT2D eigenvalue weighted by Gasteiger charge is 2.03. The van der Waals surface area contributed by atoms with Gasteiger partial charge in [0.2, 0.25) is 5.91 Å². The molecule has 0 heterocycles. The average molecular weight is 190 g/mol. The summed E-state index contributed by atoms with van der Waals surface area (Å²) in [6.45, 7) is 5.41. The van der Waals surface area contributed by atoms with E-state index in [1.807, 2.05) is 19.1 Å². The van der Waals surface area contributed by atoms with Crippen LogP contribution in [0.5, 0.6) is 0 Å². The lowest BCUT2D eigenvalue weighted by Gasteiger charge is -2.08. The molecule has 0 unspecified atom stereocenters.